The summed E-state index contributed by atoms with van der Waals surface area (Å²) in [6.45, 7) is 2.73. The number of aromatic amines is 1. The zero-order valence-corrected chi connectivity index (χ0v) is 16.5. The van der Waals surface area contributed by atoms with Gasteiger partial charge in [0.1, 0.15) is 16.9 Å². The van der Waals surface area contributed by atoms with Crippen LogP contribution >= 0.6 is 11.8 Å². The number of hydrogen-bond donors (Lipinski definition) is 2. The number of nitrogens with one attached hydrogen (secondary N) is 2. The highest BCUT2D eigenvalue weighted by Gasteiger charge is 2.15. The molecule has 2 aromatic carbocycles. The summed E-state index contributed by atoms with van der Waals surface area (Å²) in [5.41, 5.74) is 4.89. The molecule has 3 heterocycles. The Bertz CT molecular complexity index is 1240. The van der Waals surface area contributed by atoms with E-state index in [4.69, 9.17) is 9.47 Å². The standard InChI is InChI=1S/C21H18N4O3S/c1-12-2-4-15-14(6-12)19-20(25-15)21(24-10-23-19)29-9-18(26)22-8-13-3-5-16-17(7-13)28-11-27-16/h2-7,10,25H,8-9,11H2,1H3,(H,22,26). The lowest BCUT2D eigenvalue weighted by Gasteiger charge is -2.06. The van der Waals surface area contributed by atoms with E-state index in [0.29, 0.717) is 12.3 Å². The van der Waals surface area contributed by atoms with Gasteiger partial charge in [-0.15, -0.1) is 0 Å². The quantitative estimate of drug-likeness (QED) is 0.389. The average molecular weight is 406 g/mol. The van der Waals surface area contributed by atoms with Crippen LogP contribution in [-0.4, -0.2) is 33.4 Å². The molecule has 146 valence electrons. The van der Waals surface area contributed by atoms with E-state index in [9.17, 15) is 4.79 Å². The molecule has 2 aromatic heterocycles. The molecule has 1 amide bonds. The predicted molar refractivity (Wildman–Crippen MR) is 111 cm³/mol. The number of fused-ring (bicyclic) bond motifs is 4. The molecule has 5 rings (SSSR count). The van der Waals surface area contributed by atoms with Crippen LogP contribution in [-0.2, 0) is 11.3 Å². The number of thioether (sulfide) groups is 1. The topological polar surface area (TPSA) is 89.1 Å². The first kappa shape index (κ1) is 17.8. The van der Waals surface area contributed by atoms with E-state index in [0.717, 1.165) is 38.3 Å². The van der Waals surface area contributed by atoms with Gasteiger partial charge < -0.3 is 19.8 Å². The van der Waals surface area contributed by atoms with Crippen LogP contribution in [0.15, 0.2) is 47.8 Å². The summed E-state index contributed by atoms with van der Waals surface area (Å²) in [6, 6.07) is 11.9. The van der Waals surface area contributed by atoms with Gasteiger partial charge in [-0.05, 0) is 36.8 Å². The van der Waals surface area contributed by atoms with Gasteiger partial charge >= 0.3 is 0 Å². The van der Waals surface area contributed by atoms with E-state index in [1.54, 1.807) is 6.33 Å². The molecule has 2 N–H and O–H groups in total. The first-order valence-corrected chi connectivity index (χ1v) is 10.2. The second-order valence-corrected chi connectivity index (χ2v) is 7.79. The Hall–Kier alpha value is -3.26. The lowest BCUT2D eigenvalue weighted by atomic mass is 10.2. The first-order chi connectivity index (χ1) is 14.2. The average Bonchev–Trinajstić information content (AvgIpc) is 3.34. The molecule has 0 atom stereocenters. The predicted octanol–water partition coefficient (Wildman–Crippen LogP) is 3.56. The molecule has 0 aliphatic carbocycles. The number of nitrogens with zero attached hydrogens (tertiary/aromatic N) is 2. The normalized spacial score (nSPS) is 12.6. The lowest BCUT2D eigenvalue weighted by molar-refractivity contribution is -0.118. The van der Waals surface area contributed by atoms with Crippen molar-refractivity contribution >= 4 is 39.6 Å². The molecule has 0 fully saturated rings. The van der Waals surface area contributed by atoms with Crippen molar-refractivity contribution in [3.05, 3.63) is 53.9 Å². The van der Waals surface area contributed by atoms with Gasteiger partial charge in [0, 0.05) is 17.4 Å². The Kier molecular flexibility index (Phi) is 4.48. The highest BCUT2D eigenvalue weighted by Crippen LogP contribution is 2.32. The molecule has 29 heavy (non-hydrogen) atoms. The van der Waals surface area contributed by atoms with Crippen LogP contribution in [0.2, 0.25) is 0 Å². The largest absolute Gasteiger partial charge is 0.454 e. The fourth-order valence-electron chi connectivity index (χ4n) is 3.33. The van der Waals surface area contributed by atoms with Gasteiger partial charge in [0.2, 0.25) is 12.7 Å². The molecular weight excluding hydrogens is 388 g/mol. The second kappa shape index (κ2) is 7.29. The van der Waals surface area contributed by atoms with Crippen LogP contribution in [0.3, 0.4) is 0 Å². The summed E-state index contributed by atoms with van der Waals surface area (Å²) >= 11 is 1.39. The number of rotatable bonds is 5. The van der Waals surface area contributed by atoms with Gasteiger partial charge in [-0.3, -0.25) is 4.79 Å². The van der Waals surface area contributed by atoms with Crippen molar-refractivity contribution in [3.8, 4) is 11.5 Å². The Morgan fingerprint density at radius 1 is 1.17 bits per heavy atom. The first-order valence-electron chi connectivity index (χ1n) is 9.18. The number of H-pyrrole nitrogens is 1. The van der Waals surface area contributed by atoms with Crippen molar-refractivity contribution in [1.29, 1.82) is 0 Å². The number of carbonyl (C=O) groups is 1. The van der Waals surface area contributed by atoms with Crippen LogP contribution in [0.1, 0.15) is 11.1 Å². The van der Waals surface area contributed by atoms with Crippen LogP contribution in [0.5, 0.6) is 11.5 Å². The van der Waals surface area contributed by atoms with E-state index in [1.165, 1.54) is 17.3 Å². The molecule has 0 saturated heterocycles. The molecule has 0 unspecified atom stereocenters. The Morgan fingerprint density at radius 3 is 3.00 bits per heavy atom. The Balaban J connectivity index is 1.26. The van der Waals surface area contributed by atoms with E-state index >= 15 is 0 Å². The highest BCUT2D eigenvalue weighted by atomic mass is 32.2. The van der Waals surface area contributed by atoms with E-state index in [2.05, 4.69) is 39.3 Å². The third-order valence-electron chi connectivity index (χ3n) is 4.77. The van der Waals surface area contributed by atoms with Gasteiger partial charge in [-0.2, -0.15) is 0 Å². The molecule has 0 spiro atoms. The molecule has 4 aromatic rings. The second-order valence-electron chi connectivity index (χ2n) is 6.83. The maximum absolute atomic E-state index is 12.3. The maximum Gasteiger partial charge on any atom is 0.231 e. The molecule has 1 aliphatic rings. The third-order valence-corrected chi connectivity index (χ3v) is 5.76. The van der Waals surface area contributed by atoms with Crippen molar-refractivity contribution in [2.75, 3.05) is 12.5 Å². The number of aryl methyl sites for hydroxylation is 1. The molecule has 0 saturated carbocycles. The number of amides is 1. The van der Waals surface area contributed by atoms with E-state index in [-0.39, 0.29) is 18.5 Å². The summed E-state index contributed by atoms with van der Waals surface area (Å²) in [5.74, 6) is 1.65. The van der Waals surface area contributed by atoms with Crippen LogP contribution in [0.4, 0.5) is 0 Å². The SMILES string of the molecule is Cc1ccc2[nH]c3c(SCC(=O)NCc4ccc5c(c4)OCO5)ncnc3c2c1. The van der Waals surface area contributed by atoms with E-state index in [1.807, 2.05) is 24.3 Å². The zero-order chi connectivity index (χ0) is 19.8. The summed E-state index contributed by atoms with van der Waals surface area (Å²) in [5, 5.41) is 4.76. The van der Waals surface area contributed by atoms with Crippen molar-refractivity contribution in [2.24, 2.45) is 0 Å². The number of carbonyl (C=O) groups excluding carboxylic acids is 1. The highest BCUT2D eigenvalue weighted by molar-refractivity contribution is 8.00. The minimum Gasteiger partial charge on any atom is -0.454 e. The summed E-state index contributed by atoms with van der Waals surface area (Å²) in [7, 11) is 0. The number of benzene rings is 2. The van der Waals surface area contributed by atoms with Gasteiger partial charge in [-0.25, -0.2) is 9.97 Å². The molecular formula is C21H18N4O3S. The Morgan fingerprint density at radius 2 is 2.07 bits per heavy atom. The zero-order valence-electron chi connectivity index (χ0n) is 15.7. The minimum atomic E-state index is -0.0635. The fraction of sp³-hybridized carbons (Fsp3) is 0.190. The monoisotopic (exact) mass is 406 g/mol. The summed E-state index contributed by atoms with van der Waals surface area (Å²) in [6.07, 6.45) is 1.55. The Labute approximate surface area is 170 Å². The summed E-state index contributed by atoms with van der Waals surface area (Å²) in [4.78, 5) is 24.5. The van der Waals surface area contributed by atoms with Crippen molar-refractivity contribution in [2.45, 2.75) is 18.5 Å². The number of hydrogen-bond acceptors (Lipinski definition) is 6. The number of aromatic nitrogens is 3. The van der Waals surface area contributed by atoms with Crippen LogP contribution < -0.4 is 14.8 Å². The van der Waals surface area contributed by atoms with Crippen LogP contribution in [0, 0.1) is 6.92 Å². The molecule has 0 radical (unpaired) electrons. The molecule has 8 heteroatoms. The smallest absolute Gasteiger partial charge is 0.231 e. The van der Waals surface area contributed by atoms with Gasteiger partial charge in [0.05, 0.1) is 11.3 Å². The molecule has 7 nitrogen and oxygen atoms in total. The van der Waals surface area contributed by atoms with Crippen molar-refractivity contribution in [1.82, 2.24) is 20.3 Å². The fourth-order valence-corrected chi connectivity index (χ4v) is 4.11. The van der Waals surface area contributed by atoms with Crippen LogP contribution in [0.25, 0.3) is 21.9 Å². The van der Waals surface area contributed by atoms with Crippen molar-refractivity contribution < 1.29 is 14.3 Å². The molecule has 1 aliphatic heterocycles. The third kappa shape index (κ3) is 3.47. The summed E-state index contributed by atoms with van der Waals surface area (Å²) < 4.78 is 10.7. The van der Waals surface area contributed by atoms with Gasteiger partial charge in [0.25, 0.3) is 0 Å². The minimum absolute atomic E-state index is 0.0635. The van der Waals surface area contributed by atoms with E-state index < -0.39 is 0 Å². The lowest BCUT2D eigenvalue weighted by Crippen LogP contribution is -2.24. The number of ether oxygens (including phenoxy) is 2. The molecule has 0 bridgehead atoms. The van der Waals surface area contributed by atoms with Crippen molar-refractivity contribution in [3.63, 3.8) is 0 Å². The van der Waals surface area contributed by atoms with Gasteiger partial charge in [-0.1, -0.05) is 29.5 Å². The van der Waals surface area contributed by atoms with Gasteiger partial charge in [0.15, 0.2) is 11.5 Å². The maximum atomic E-state index is 12.3.